The van der Waals surface area contributed by atoms with Gasteiger partial charge in [0.2, 0.25) is 5.91 Å². The Kier molecular flexibility index (Phi) is 5.25. The Morgan fingerprint density at radius 1 is 1.56 bits per heavy atom. The normalized spacial score (nSPS) is 10.2. The number of halogens is 1. The number of hydrogen-bond acceptors (Lipinski definition) is 3. The summed E-state index contributed by atoms with van der Waals surface area (Å²) in [6.07, 6.45) is 0. The van der Waals surface area contributed by atoms with Crippen LogP contribution in [0.3, 0.4) is 0 Å². The first-order chi connectivity index (χ1) is 7.65. The average Bonchev–Trinajstić information content (AvgIpc) is 2.25. The van der Waals surface area contributed by atoms with Crippen LogP contribution >= 0.6 is 11.6 Å². The van der Waals surface area contributed by atoms with E-state index < -0.39 is 0 Å². The number of rotatable bonds is 5. The van der Waals surface area contributed by atoms with Gasteiger partial charge in [0.15, 0.2) is 0 Å². The Morgan fingerprint density at radius 2 is 2.31 bits per heavy atom. The van der Waals surface area contributed by atoms with Gasteiger partial charge < -0.3 is 15.8 Å². The third-order valence-corrected chi connectivity index (χ3v) is 2.45. The highest BCUT2D eigenvalue weighted by molar-refractivity contribution is 6.31. The molecule has 1 rings (SSSR count). The first-order valence-corrected chi connectivity index (χ1v) is 5.35. The number of hydrogen-bond donors (Lipinski definition) is 2. The number of anilines is 1. The third-order valence-electron chi connectivity index (χ3n) is 2.04. The monoisotopic (exact) mass is 242 g/mol. The Morgan fingerprint density at radius 3 is 3.00 bits per heavy atom. The zero-order valence-electron chi connectivity index (χ0n) is 9.13. The van der Waals surface area contributed by atoms with Crippen molar-refractivity contribution in [2.75, 3.05) is 25.1 Å². The molecular weight excluding hydrogens is 228 g/mol. The number of nitrogens with one attached hydrogen (secondary N) is 1. The summed E-state index contributed by atoms with van der Waals surface area (Å²) in [6.45, 7) is 2.63. The molecule has 0 heterocycles. The smallest absolute Gasteiger partial charge is 0.250 e. The second-order valence-electron chi connectivity index (χ2n) is 3.30. The van der Waals surface area contributed by atoms with Crippen LogP contribution in [0.25, 0.3) is 0 Å². The Bertz CT molecular complexity index is 369. The third kappa shape index (κ3) is 3.81. The zero-order valence-corrected chi connectivity index (χ0v) is 9.88. The van der Waals surface area contributed by atoms with E-state index in [0.29, 0.717) is 23.9 Å². The van der Waals surface area contributed by atoms with Crippen LogP contribution in [0, 0.1) is 6.92 Å². The predicted molar refractivity (Wildman–Crippen MR) is 64.7 cm³/mol. The molecule has 0 unspecified atom stereocenters. The number of ether oxygens (including phenoxy) is 1. The van der Waals surface area contributed by atoms with Crippen molar-refractivity contribution in [2.24, 2.45) is 5.73 Å². The summed E-state index contributed by atoms with van der Waals surface area (Å²) in [5.41, 5.74) is 6.78. The molecule has 0 aliphatic heterocycles. The highest BCUT2D eigenvalue weighted by Gasteiger charge is 2.06. The molecule has 0 aliphatic rings. The fraction of sp³-hybridized carbons (Fsp3) is 0.364. The van der Waals surface area contributed by atoms with Crippen molar-refractivity contribution < 1.29 is 9.53 Å². The lowest BCUT2D eigenvalue weighted by atomic mass is 10.2. The molecule has 0 atom stereocenters. The van der Waals surface area contributed by atoms with Gasteiger partial charge in [-0.3, -0.25) is 4.79 Å². The van der Waals surface area contributed by atoms with Gasteiger partial charge in [0.25, 0.3) is 0 Å². The first kappa shape index (κ1) is 13.0. The van der Waals surface area contributed by atoms with E-state index >= 15 is 0 Å². The van der Waals surface area contributed by atoms with Crippen LogP contribution in [0.4, 0.5) is 5.69 Å². The van der Waals surface area contributed by atoms with Crippen LogP contribution in [-0.4, -0.2) is 25.7 Å². The molecule has 3 N–H and O–H groups in total. The summed E-state index contributed by atoms with van der Waals surface area (Å²) < 4.78 is 5.02. The highest BCUT2D eigenvalue weighted by atomic mass is 35.5. The lowest BCUT2D eigenvalue weighted by Gasteiger charge is -2.09. The standard InChI is InChI=1S/C11H15ClN2O2/c1-8-9(12)3-2-4-10(8)14-11(15)7-16-6-5-13/h2-4H,5-7,13H2,1H3,(H,14,15). The van der Waals surface area contributed by atoms with E-state index in [1.54, 1.807) is 18.2 Å². The molecular formula is C11H15ClN2O2. The topological polar surface area (TPSA) is 64.3 Å². The minimum atomic E-state index is -0.209. The number of benzene rings is 1. The van der Waals surface area contributed by atoms with Crippen molar-refractivity contribution in [1.82, 2.24) is 0 Å². The number of nitrogens with two attached hydrogens (primary N) is 1. The SMILES string of the molecule is Cc1c(Cl)cccc1NC(=O)COCCN. The van der Waals surface area contributed by atoms with E-state index in [1.807, 2.05) is 6.92 Å². The average molecular weight is 243 g/mol. The van der Waals surface area contributed by atoms with Crippen LogP contribution in [-0.2, 0) is 9.53 Å². The van der Waals surface area contributed by atoms with E-state index in [2.05, 4.69) is 5.32 Å². The largest absolute Gasteiger partial charge is 0.370 e. The van der Waals surface area contributed by atoms with Crippen molar-refractivity contribution >= 4 is 23.2 Å². The second kappa shape index (κ2) is 6.48. The second-order valence-corrected chi connectivity index (χ2v) is 3.71. The maximum atomic E-state index is 11.4. The van der Waals surface area contributed by atoms with Crippen molar-refractivity contribution in [3.8, 4) is 0 Å². The van der Waals surface area contributed by atoms with Gasteiger partial charge in [-0.05, 0) is 24.6 Å². The van der Waals surface area contributed by atoms with Crippen LogP contribution in [0.2, 0.25) is 5.02 Å². The fourth-order valence-corrected chi connectivity index (χ4v) is 1.35. The Balaban J connectivity index is 2.53. The molecule has 16 heavy (non-hydrogen) atoms. The minimum absolute atomic E-state index is 0.00313. The van der Waals surface area contributed by atoms with E-state index in [9.17, 15) is 4.79 Å². The summed E-state index contributed by atoms with van der Waals surface area (Å²) in [5.74, 6) is -0.209. The maximum absolute atomic E-state index is 11.4. The molecule has 1 aromatic carbocycles. The molecule has 0 saturated heterocycles. The van der Waals surface area contributed by atoms with Crippen LogP contribution in [0.15, 0.2) is 18.2 Å². The molecule has 1 amide bonds. The lowest BCUT2D eigenvalue weighted by Crippen LogP contribution is -2.21. The molecule has 0 fully saturated rings. The fourth-order valence-electron chi connectivity index (χ4n) is 1.18. The van der Waals surface area contributed by atoms with Crippen LogP contribution in [0.5, 0.6) is 0 Å². The van der Waals surface area contributed by atoms with E-state index in [0.717, 1.165) is 5.56 Å². The van der Waals surface area contributed by atoms with Gasteiger partial charge in [-0.15, -0.1) is 0 Å². The van der Waals surface area contributed by atoms with Crippen molar-refractivity contribution in [2.45, 2.75) is 6.92 Å². The minimum Gasteiger partial charge on any atom is -0.370 e. The quantitative estimate of drug-likeness (QED) is 0.771. The summed E-state index contributed by atoms with van der Waals surface area (Å²) in [6, 6.07) is 5.35. The molecule has 88 valence electrons. The Hall–Kier alpha value is -1.10. The maximum Gasteiger partial charge on any atom is 0.250 e. The number of amides is 1. The van der Waals surface area contributed by atoms with Crippen LogP contribution in [0.1, 0.15) is 5.56 Å². The van der Waals surface area contributed by atoms with Crippen molar-refractivity contribution in [3.05, 3.63) is 28.8 Å². The summed E-state index contributed by atoms with van der Waals surface area (Å²) in [7, 11) is 0. The van der Waals surface area contributed by atoms with E-state index in [-0.39, 0.29) is 12.5 Å². The lowest BCUT2D eigenvalue weighted by molar-refractivity contribution is -0.120. The molecule has 0 saturated carbocycles. The molecule has 0 aromatic heterocycles. The molecule has 1 aromatic rings. The predicted octanol–water partition coefficient (Wildman–Crippen LogP) is 1.56. The molecule has 4 nitrogen and oxygen atoms in total. The van der Waals surface area contributed by atoms with Gasteiger partial charge in [-0.2, -0.15) is 0 Å². The van der Waals surface area contributed by atoms with Gasteiger partial charge in [0, 0.05) is 17.3 Å². The van der Waals surface area contributed by atoms with Gasteiger partial charge in [0.1, 0.15) is 6.61 Å². The van der Waals surface area contributed by atoms with Gasteiger partial charge in [-0.25, -0.2) is 0 Å². The van der Waals surface area contributed by atoms with Crippen molar-refractivity contribution in [3.63, 3.8) is 0 Å². The number of carbonyl (C=O) groups excluding carboxylic acids is 1. The van der Waals surface area contributed by atoms with E-state index in [4.69, 9.17) is 22.1 Å². The zero-order chi connectivity index (χ0) is 12.0. The number of carbonyl (C=O) groups is 1. The van der Waals surface area contributed by atoms with E-state index in [1.165, 1.54) is 0 Å². The summed E-state index contributed by atoms with van der Waals surface area (Å²) in [5, 5.41) is 3.35. The summed E-state index contributed by atoms with van der Waals surface area (Å²) in [4.78, 5) is 11.4. The first-order valence-electron chi connectivity index (χ1n) is 4.98. The molecule has 0 radical (unpaired) electrons. The van der Waals surface area contributed by atoms with Crippen LogP contribution < -0.4 is 11.1 Å². The summed E-state index contributed by atoms with van der Waals surface area (Å²) >= 11 is 5.92. The van der Waals surface area contributed by atoms with Gasteiger partial charge >= 0.3 is 0 Å². The van der Waals surface area contributed by atoms with Gasteiger partial charge in [-0.1, -0.05) is 17.7 Å². The Labute approximate surface area is 99.7 Å². The molecule has 0 bridgehead atoms. The molecule has 0 aliphatic carbocycles. The molecule has 5 heteroatoms. The molecule has 0 spiro atoms. The highest BCUT2D eigenvalue weighted by Crippen LogP contribution is 2.22. The van der Waals surface area contributed by atoms with Gasteiger partial charge in [0.05, 0.1) is 6.61 Å². The van der Waals surface area contributed by atoms with Crippen molar-refractivity contribution in [1.29, 1.82) is 0 Å².